The summed E-state index contributed by atoms with van der Waals surface area (Å²) in [6, 6.07) is 0. The monoisotopic (exact) mass is 199 g/mol. The van der Waals surface area contributed by atoms with Crippen LogP contribution in [-0.4, -0.2) is 31.3 Å². The molecule has 0 aliphatic rings. The highest BCUT2D eigenvalue weighted by molar-refractivity contribution is 5.97. The third-order valence-electron chi connectivity index (χ3n) is 1.43. The Labute approximate surface area is 82.1 Å². The van der Waals surface area contributed by atoms with E-state index in [1.54, 1.807) is 0 Å². The predicted molar refractivity (Wildman–Crippen MR) is 49.5 cm³/mol. The second kappa shape index (κ2) is 6.82. The van der Waals surface area contributed by atoms with E-state index in [0.717, 1.165) is 6.08 Å². The van der Waals surface area contributed by atoms with Crippen LogP contribution in [0.15, 0.2) is 12.7 Å². The number of amides is 1. The number of rotatable bonds is 6. The average molecular weight is 199 g/mol. The van der Waals surface area contributed by atoms with Gasteiger partial charge in [-0.25, -0.2) is 4.79 Å². The highest BCUT2D eigenvalue weighted by Crippen LogP contribution is 1.92. The summed E-state index contributed by atoms with van der Waals surface area (Å²) in [5, 5.41) is 2.32. The van der Waals surface area contributed by atoms with E-state index < -0.39 is 5.97 Å². The van der Waals surface area contributed by atoms with Crippen molar-refractivity contribution in [2.24, 2.45) is 0 Å². The topological polar surface area (TPSA) is 72.5 Å². The Hall–Kier alpha value is -1.65. The molecule has 0 aliphatic heterocycles. The van der Waals surface area contributed by atoms with Crippen LogP contribution >= 0.6 is 0 Å². The maximum atomic E-state index is 11.0. The Balaban J connectivity index is 3.59. The van der Waals surface area contributed by atoms with Crippen LogP contribution < -0.4 is 5.32 Å². The van der Waals surface area contributed by atoms with Crippen molar-refractivity contribution in [3.05, 3.63) is 12.7 Å². The highest BCUT2D eigenvalue weighted by atomic mass is 16.5. The first-order chi connectivity index (χ1) is 6.60. The van der Waals surface area contributed by atoms with Crippen molar-refractivity contribution in [1.29, 1.82) is 0 Å². The molecule has 14 heavy (non-hydrogen) atoms. The van der Waals surface area contributed by atoms with E-state index in [1.165, 1.54) is 7.05 Å². The largest absolute Gasteiger partial charge is 0.462 e. The van der Waals surface area contributed by atoms with Gasteiger partial charge in [-0.2, -0.15) is 0 Å². The Morgan fingerprint density at radius 2 is 2.07 bits per heavy atom. The first-order valence-corrected chi connectivity index (χ1v) is 4.11. The quantitative estimate of drug-likeness (QED) is 0.365. The predicted octanol–water partition coefficient (Wildman–Crippen LogP) is -0.189. The molecule has 5 heteroatoms. The Morgan fingerprint density at radius 3 is 2.57 bits per heavy atom. The Bertz CT molecular complexity index is 247. The number of esters is 1. The lowest BCUT2D eigenvalue weighted by atomic mass is 10.2. The van der Waals surface area contributed by atoms with Crippen molar-refractivity contribution in [1.82, 2.24) is 5.32 Å². The van der Waals surface area contributed by atoms with Gasteiger partial charge in [-0.15, -0.1) is 0 Å². The summed E-state index contributed by atoms with van der Waals surface area (Å²) in [6.07, 6.45) is 0.887. The van der Waals surface area contributed by atoms with E-state index in [4.69, 9.17) is 0 Å². The molecule has 0 fully saturated rings. The van der Waals surface area contributed by atoms with E-state index >= 15 is 0 Å². The highest BCUT2D eigenvalue weighted by Gasteiger charge is 2.08. The Kier molecular flexibility index (Phi) is 6.02. The fourth-order valence-electron chi connectivity index (χ4n) is 0.680. The van der Waals surface area contributed by atoms with Gasteiger partial charge in [-0.3, -0.25) is 9.59 Å². The van der Waals surface area contributed by atoms with Crippen molar-refractivity contribution >= 4 is 17.7 Å². The zero-order chi connectivity index (χ0) is 11.0. The number of ether oxygens (including phenoxy) is 1. The molecule has 0 saturated heterocycles. The van der Waals surface area contributed by atoms with Crippen LogP contribution in [0.2, 0.25) is 0 Å². The molecule has 1 amide bonds. The van der Waals surface area contributed by atoms with Gasteiger partial charge in [0.15, 0.2) is 0 Å². The van der Waals surface area contributed by atoms with Crippen LogP contribution in [-0.2, 0) is 19.1 Å². The molecule has 78 valence electrons. The number of ketones is 1. The molecule has 0 saturated carbocycles. The van der Waals surface area contributed by atoms with Gasteiger partial charge in [-0.05, 0) is 0 Å². The van der Waals surface area contributed by atoms with E-state index in [9.17, 15) is 14.4 Å². The lowest BCUT2D eigenvalue weighted by molar-refractivity contribution is -0.138. The van der Waals surface area contributed by atoms with E-state index in [-0.39, 0.29) is 31.1 Å². The molecular formula is C9H13NO4. The third kappa shape index (κ3) is 5.93. The molecule has 0 aromatic heterocycles. The number of Topliss-reactive ketones (excluding diaryl/α,β-unsaturated/α-hetero) is 1. The van der Waals surface area contributed by atoms with Crippen LogP contribution in [0.3, 0.4) is 0 Å². The number of carbonyl (C=O) groups is 3. The molecule has 0 unspecified atom stereocenters. The van der Waals surface area contributed by atoms with Crippen molar-refractivity contribution in [2.45, 2.75) is 12.8 Å². The maximum Gasteiger partial charge on any atom is 0.330 e. The maximum absolute atomic E-state index is 11.0. The molecule has 0 aromatic carbocycles. The number of nitrogens with one attached hydrogen (secondary N) is 1. The van der Waals surface area contributed by atoms with Crippen LogP contribution in [0.4, 0.5) is 0 Å². The minimum absolute atomic E-state index is 0.0132. The minimum atomic E-state index is -0.572. The van der Waals surface area contributed by atoms with Gasteiger partial charge in [0.1, 0.15) is 5.78 Å². The van der Waals surface area contributed by atoms with Crippen molar-refractivity contribution in [3.63, 3.8) is 0 Å². The molecule has 0 bridgehead atoms. The van der Waals surface area contributed by atoms with Gasteiger partial charge in [-0.1, -0.05) is 6.58 Å². The molecule has 5 nitrogen and oxygen atoms in total. The van der Waals surface area contributed by atoms with Gasteiger partial charge in [0, 0.05) is 19.5 Å². The second-order valence-corrected chi connectivity index (χ2v) is 2.51. The van der Waals surface area contributed by atoms with Gasteiger partial charge >= 0.3 is 5.97 Å². The zero-order valence-corrected chi connectivity index (χ0v) is 8.04. The standard InChI is InChI=1S/C9H13NO4/c1-3-9(13)14-5-4-7(11)6-8(12)10-2/h3H,1,4-6H2,2H3,(H,10,12). The van der Waals surface area contributed by atoms with Crippen LogP contribution in [0, 0.1) is 0 Å². The number of hydrogen-bond donors (Lipinski definition) is 1. The summed E-state index contributed by atoms with van der Waals surface area (Å²) in [4.78, 5) is 32.3. The summed E-state index contributed by atoms with van der Waals surface area (Å²) in [6.45, 7) is 3.18. The molecule has 0 rings (SSSR count). The van der Waals surface area contributed by atoms with E-state index in [1.807, 2.05) is 0 Å². The van der Waals surface area contributed by atoms with Crippen LogP contribution in [0.1, 0.15) is 12.8 Å². The number of hydrogen-bond acceptors (Lipinski definition) is 4. The average Bonchev–Trinajstić information content (AvgIpc) is 2.17. The third-order valence-corrected chi connectivity index (χ3v) is 1.43. The molecule has 0 aliphatic carbocycles. The van der Waals surface area contributed by atoms with Gasteiger partial charge in [0.05, 0.1) is 13.0 Å². The van der Waals surface area contributed by atoms with E-state index in [0.29, 0.717) is 0 Å². The fourth-order valence-corrected chi connectivity index (χ4v) is 0.680. The lowest BCUT2D eigenvalue weighted by Crippen LogP contribution is -2.22. The summed E-state index contributed by atoms with van der Waals surface area (Å²) in [5.74, 6) is -1.18. The van der Waals surface area contributed by atoms with Gasteiger partial charge in [0.25, 0.3) is 0 Å². The molecular weight excluding hydrogens is 186 g/mol. The summed E-state index contributed by atoms with van der Waals surface area (Å²) >= 11 is 0. The fraction of sp³-hybridized carbons (Fsp3) is 0.444. The number of carbonyl (C=O) groups excluding carboxylic acids is 3. The van der Waals surface area contributed by atoms with Crippen molar-refractivity contribution in [3.8, 4) is 0 Å². The summed E-state index contributed by atoms with van der Waals surface area (Å²) in [5.41, 5.74) is 0. The Morgan fingerprint density at radius 1 is 1.43 bits per heavy atom. The smallest absolute Gasteiger partial charge is 0.330 e. The first-order valence-electron chi connectivity index (χ1n) is 4.11. The van der Waals surface area contributed by atoms with Crippen LogP contribution in [0.25, 0.3) is 0 Å². The summed E-state index contributed by atoms with van der Waals surface area (Å²) < 4.78 is 4.57. The lowest BCUT2D eigenvalue weighted by Gasteiger charge is -2.01. The van der Waals surface area contributed by atoms with Crippen molar-refractivity contribution in [2.75, 3.05) is 13.7 Å². The second-order valence-electron chi connectivity index (χ2n) is 2.51. The van der Waals surface area contributed by atoms with Crippen molar-refractivity contribution < 1.29 is 19.1 Å². The van der Waals surface area contributed by atoms with Crippen LogP contribution in [0.5, 0.6) is 0 Å². The van der Waals surface area contributed by atoms with Gasteiger partial charge in [0.2, 0.25) is 5.91 Å². The normalized spacial score (nSPS) is 8.93. The minimum Gasteiger partial charge on any atom is -0.462 e. The molecule has 0 aromatic rings. The zero-order valence-electron chi connectivity index (χ0n) is 8.04. The molecule has 0 radical (unpaired) electrons. The van der Waals surface area contributed by atoms with Gasteiger partial charge < -0.3 is 10.1 Å². The molecule has 1 N–H and O–H groups in total. The molecule has 0 atom stereocenters. The molecule has 0 heterocycles. The van der Waals surface area contributed by atoms with E-state index in [2.05, 4.69) is 16.6 Å². The summed E-state index contributed by atoms with van der Waals surface area (Å²) in [7, 11) is 1.45. The SMILES string of the molecule is C=CC(=O)OCCC(=O)CC(=O)NC. The first kappa shape index (κ1) is 12.3. The molecule has 0 spiro atoms.